The molecule has 0 aromatic heterocycles. The first-order chi connectivity index (χ1) is 11.2. The number of halogens is 1. The van der Waals surface area contributed by atoms with Crippen LogP contribution in [0.3, 0.4) is 0 Å². The van der Waals surface area contributed by atoms with Crippen LogP contribution in [-0.4, -0.2) is 69.6 Å². The van der Waals surface area contributed by atoms with E-state index in [1.54, 1.807) is 29.2 Å². The minimum atomic E-state index is -3.60. The van der Waals surface area contributed by atoms with Crippen molar-refractivity contribution in [3.63, 3.8) is 0 Å². The number of nitrogens with zero attached hydrogens (tertiary/aromatic N) is 3. The molecule has 1 fully saturated rings. The molecule has 1 amide bonds. The molecule has 8 heteroatoms. The van der Waals surface area contributed by atoms with Gasteiger partial charge in [0.15, 0.2) is 0 Å². The van der Waals surface area contributed by atoms with Gasteiger partial charge in [-0.1, -0.05) is 18.5 Å². The van der Waals surface area contributed by atoms with E-state index in [1.807, 2.05) is 14.0 Å². The van der Waals surface area contributed by atoms with Gasteiger partial charge in [-0.25, -0.2) is 8.42 Å². The second kappa shape index (κ2) is 7.72. The largest absolute Gasteiger partial charge is 0.338 e. The van der Waals surface area contributed by atoms with Crippen molar-refractivity contribution < 1.29 is 13.2 Å². The number of hydrogen-bond donors (Lipinski definition) is 0. The summed E-state index contributed by atoms with van der Waals surface area (Å²) in [4.78, 5) is 16.8. The minimum absolute atomic E-state index is 0.147. The molecule has 1 saturated heterocycles. The van der Waals surface area contributed by atoms with Gasteiger partial charge >= 0.3 is 0 Å². The van der Waals surface area contributed by atoms with Gasteiger partial charge in [-0.15, -0.1) is 0 Å². The van der Waals surface area contributed by atoms with E-state index in [9.17, 15) is 13.2 Å². The molecule has 1 aliphatic rings. The Balaban J connectivity index is 2.32. The number of amides is 1. The third-order valence-electron chi connectivity index (χ3n) is 4.21. The standard InChI is InChI=1S/C16H24ClN3O3S/c1-4-15(16(21)19-11-9-18(2)10-12-19)20(24(3,22)23)14-7-5-13(17)6-8-14/h5-8,15H,4,9-12H2,1-3H3/t15-/m0/s1. The molecule has 134 valence electrons. The van der Waals surface area contributed by atoms with Gasteiger partial charge in [0.05, 0.1) is 11.9 Å². The number of hydrogen-bond acceptors (Lipinski definition) is 4. The molecule has 0 radical (unpaired) electrons. The van der Waals surface area contributed by atoms with Gasteiger partial charge < -0.3 is 9.80 Å². The molecular weight excluding hydrogens is 350 g/mol. The van der Waals surface area contributed by atoms with Crippen molar-refractivity contribution in [1.82, 2.24) is 9.80 Å². The van der Waals surface area contributed by atoms with Gasteiger partial charge in [-0.05, 0) is 37.7 Å². The molecule has 24 heavy (non-hydrogen) atoms. The topological polar surface area (TPSA) is 60.9 Å². The summed E-state index contributed by atoms with van der Waals surface area (Å²) in [5.74, 6) is -0.147. The molecule has 6 nitrogen and oxygen atoms in total. The Labute approximate surface area is 149 Å². The van der Waals surface area contributed by atoms with E-state index in [1.165, 1.54) is 4.31 Å². The molecule has 1 aromatic rings. The lowest BCUT2D eigenvalue weighted by Crippen LogP contribution is -2.55. The first kappa shape index (κ1) is 19.0. The van der Waals surface area contributed by atoms with Crippen LogP contribution in [0.1, 0.15) is 13.3 Å². The molecule has 2 rings (SSSR count). The van der Waals surface area contributed by atoms with Gasteiger partial charge in [0.2, 0.25) is 15.9 Å². The van der Waals surface area contributed by atoms with Crippen molar-refractivity contribution in [2.45, 2.75) is 19.4 Å². The normalized spacial score (nSPS) is 17.6. The second-order valence-electron chi connectivity index (χ2n) is 6.09. The van der Waals surface area contributed by atoms with E-state index in [-0.39, 0.29) is 5.91 Å². The summed E-state index contributed by atoms with van der Waals surface area (Å²) in [6, 6.07) is 5.77. The van der Waals surface area contributed by atoms with Gasteiger partial charge in [0, 0.05) is 31.2 Å². The average molecular weight is 374 g/mol. The zero-order valence-electron chi connectivity index (χ0n) is 14.3. The van der Waals surface area contributed by atoms with Crippen LogP contribution in [0, 0.1) is 0 Å². The summed E-state index contributed by atoms with van der Waals surface area (Å²) < 4.78 is 26.0. The lowest BCUT2D eigenvalue weighted by Gasteiger charge is -2.37. The van der Waals surface area contributed by atoms with E-state index in [4.69, 9.17) is 11.6 Å². The summed E-state index contributed by atoms with van der Waals surface area (Å²) in [7, 11) is -1.59. The first-order valence-electron chi connectivity index (χ1n) is 7.96. The highest BCUT2D eigenvalue weighted by Crippen LogP contribution is 2.25. The highest BCUT2D eigenvalue weighted by Gasteiger charge is 2.34. The fourth-order valence-electron chi connectivity index (χ4n) is 2.87. The zero-order valence-corrected chi connectivity index (χ0v) is 15.8. The number of carbonyl (C=O) groups is 1. The van der Waals surface area contributed by atoms with Gasteiger partial charge in [0.25, 0.3) is 0 Å². The quantitative estimate of drug-likeness (QED) is 0.787. The predicted octanol–water partition coefficient (Wildman–Crippen LogP) is 1.66. The third kappa shape index (κ3) is 4.40. The Morgan fingerprint density at radius 1 is 1.21 bits per heavy atom. The van der Waals surface area contributed by atoms with Crippen molar-refractivity contribution >= 4 is 33.2 Å². The summed E-state index contributed by atoms with van der Waals surface area (Å²) in [5.41, 5.74) is 0.455. The number of benzene rings is 1. The van der Waals surface area contributed by atoms with Gasteiger partial charge in [0.1, 0.15) is 6.04 Å². The second-order valence-corrected chi connectivity index (χ2v) is 8.38. The average Bonchev–Trinajstić information content (AvgIpc) is 2.52. The van der Waals surface area contributed by atoms with E-state index >= 15 is 0 Å². The molecular formula is C16H24ClN3O3S. The maximum atomic E-state index is 12.9. The minimum Gasteiger partial charge on any atom is -0.338 e. The molecule has 0 spiro atoms. The predicted molar refractivity (Wildman–Crippen MR) is 96.9 cm³/mol. The summed E-state index contributed by atoms with van der Waals surface area (Å²) in [6.07, 6.45) is 1.53. The van der Waals surface area contributed by atoms with Crippen LogP contribution in [0.15, 0.2) is 24.3 Å². The number of carbonyl (C=O) groups excluding carboxylic acids is 1. The molecule has 0 bridgehead atoms. The summed E-state index contributed by atoms with van der Waals surface area (Å²) in [5, 5.41) is 0.519. The molecule has 1 aliphatic heterocycles. The fourth-order valence-corrected chi connectivity index (χ4v) is 4.20. The van der Waals surface area contributed by atoms with Crippen molar-refractivity contribution in [1.29, 1.82) is 0 Å². The van der Waals surface area contributed by atoms with Gasteiger partial charge in [-0.2, -0.15) is 0 Å². The summed E-state index contributed by atoms with van der Waals surface area (Å²) >= 11 is 5.89. The number of piperazine rings is 1. The Hall–Kier alpha value is -1.31. The lowest BCUT2D eigenvalue weighted by atomic mass is 10.1. The number of rotatable bonds is 5. The van der Waals surface area contributed by atoms with Crippen LogP contribution in [0.25, 0.3) is 0 Å². The molecule has 0 saturated carbocycles. The first-order valence-corrected chi connectivity index (χ1v) is 10.2. The third-order valence-corrected chi connectivity index (χ3v) is 5.64. The van der Waals surface area contributed by atoms with Crippen molar-refractivity contribution in [2.24, 2.45) is 0 Å². The number of sulfonamides is 1. The SMILES string of the molecule is CC[C@@H](C(=O)N1CCN(C)CC1)N(c1ccc(Cl)cc1)S(C)(=O)=O. The van der Waals surface area contributed by atoms with E-state index in [0.717, 1.165) is 19.3 Å². The lowest BCUT2D eigenvalue weighted by molar-refractivity contribution is -0.134. The van der Waals surface area contributed by atoms with Crippen LogP contribution in [0.4, 0.5) is 5.69 Å². The Bertz CT molecular complexity index is 670. The van der Waals surface area contributed by atoms with Crippen molar-refractivity contribution in [3.8, 4) is 0 Å². The molecule has 0 unspecified atom stereocenters. The molecule has 1 aromatic carbocycles. The fraction of sp³-hybridized carbons (Fsp3) is 0.562. The molecule has 1 heterocycles. The molecule has 0 N–H and O–H groups in total. The smallest absolute Gasteiger partial charge is 0.246 e. The maximum Gasteiger partial charge on any atom is 0.246 e. The van der Waals surface area contributed by atoms with Gasteiger partial charge in [-0.3, -0.25) is 9.10 Å². The van der Waals surface area contributed by atoms with Crippen LogP contribution in [-0.2, 0) is 14.8 Å². The Morgan fingerprint density at radius 3 is 2.21 bits per heavy atom. The van der Waals surface area contributed by atoms with Crippen LogP contribution in [0.5, 0.6) is 0 Å². The van der Waals surface area contributed by atoms with Crippen molar-refractivity contribution in [2.75, 3.05) is 43.8 Å². The van der Waals surface area contributed by atoms with Crippen molar-refractivity contribution in [3.05, 3.63) is 29.3 Å². The molecule has 0 aliphatic carbocycles. The molecule has 1 atom stereocenters. The maximum absolute atomic E-state index is 12.9. The van der Waals surface area contributed by atoms with Crippen LogP contribution < -0.4 is 4.31 Å². The van der Waals surface area contributed by atoms with E-state index < -0.39 is 16.1 Å². The number of anilines is 1. The van der Waals surface area contributed by atoms with E-state index in [0.29, 0.717) is 30.2 Å². The zero-order chi connectivity index (χ0) is 17.9. The number of likely N-dealkylation sites (N-methyl/N-ethyl adjacent to an activating group) is 1. The highest BCUT2D eigenvalue weighted by molar-refractivity contribution is 7.92. The van der Waals surface area contributed by atoms with Crippen LogP contribution in [0.2, 0.25) is 5.02 Å². The Morgan fingerprint density at radius 2 is 1.75 bits per heavy atom. The van der Waals surface area contributed by atoms with E-state index in [2.05, 4.69) is 4.90 Å². The van der Waals surface area contributed by atoms with Crippen LogP contribution >= 0.6 is 11.6 Å². The monoisotopic (exact) mass is 373 g/mol. The Kier molecular flexibility index (Phi) is 6.11. The summed E-state index contributed by atoms with van der Waals surface area (Å²) in [6.45, 7) is 4.64. The highest BCUT2D eigenvalue weighted by atomic mass is 35.5.